The van der Waals surface area contributed by atoms with Crippen molar-refractivity contribution in [2.24, 2.45) is 17.3 Å². The van der Waals surface area contributed by atoms with Gasteiger partial charge in [-0.05, 0) is 80.5 Å². The molecule has 1 atom stereocenters. The van der Waals surface area contributed by atoms with Crippen LogP contribution in [-0.2, 0) is 6.42 Å². The Hall–Kier alpha value is -0.820. The fourth-order valence-corrected chi connectivity index (χ4v) is 3.67. The molecule has 118 valence electrons. The molecule has 1 heteroatoms. The third-order valence-corrected chi connectivity index (χ3v) is 5.07. The predicted octanol–water partition coefficient (Wildman–Crippen LogP) is 4.82. The standard InChI is InChI=1S/C20H33N/c1-14(2)12-21-13-20(6,18-7-8-18)11-19-16(4)9-15(3)10-17(19)5/h9-10,14,18,21H,7-8,11-13H2,1-6H3. The molecule has 1 unspecified atom stereocenters. The van der Waals surface area contributed by atoms with E-state index in [0.29, 0.717) is 5.41 Å². The SMILES string of the molecule is Cc1cc(C)c(CC(C)(CNCC(C)C)C2CC2)c(C)c1. The van der Waals surface area contributed by atoms with Crippen LogP contribution in [0.4, 0.5) is 0 Å². The first-order valence-electron chi connectivity index (χ1n) is 8.59. The van der Waals surface area contributed by atoms with E-state index in [1.165, 1.54) is 36.0 Å². The average Bonchev–Trinajstić information content (AvgIpc) is 3.17. The predicted molar refractivity (Wildman–Crippen MR) is 92.9 cm³/mol. The van der Waals surface area contributed by atoms with E-state index in [-0.39, 0.29) is 0 Å². The Balaban J connectivity index is 2.12. The minimum Gasteiger partial charge on any atom is -0.316 e. The molecule has 2 rings (SSSR count). The fraction of sp³-hybridized carbons (Fsp3) is 0.700. The zero-order valence-corrected chi connectivity index (χ0v) is 14.8. The molecule has 1 aliphatic carbocycles. The molecule has 0 bridgehead atoms. The van der Waals surface area contributed by atoms with Gasteiger partial charge in [0.1, 0.15) is 0 Å². The van der Waals surface area contributed by atoms with Crippen LogP contribution in [0.3, 0.4) is 0 Å². The van der Waals surface area contributed by atoms with Crippen molar-refractivity contribution in [2.45, 2.75) is 60.8 Å². The summed E-state index contributed by atoms with van der Waals surface area (Å²) in [4.78, 5) is 0. The van der Waals surface area contributed by atoms with Crippen molar-refractivity contribution in [2.75, 3.05) is 13.1 Å². The normalized spacial score (nSPS) is 18.0. The first-order valence-corrected chi connectivity index (χ1v) is 8.59. The molecule has 1 N–H and O–H groups in total. The number of hydrogen-bond donors (Lipinski definition) is 1. The third kappa shape index (κ3) is 4.32. The summed E-state index contributed by atoms with van der Waals surface area (Å²) in [7, 11) is 0. The molecule has 1 nitrogen and oxygen atoms in total. The number of rotatable bonds is 7. The molecule has 21 heavy (non-hydrogen) atoms. The monoisotopic (exact) mass is 287 g/mol. The van der Waals surface area contributed by atoms with Gasteiger partial charge in [-0.15, -0.1) is 0 Å². The molecule has 1 aliphatic rings. The first-order chi connectivity index (χ1) is 9.82. The van der Waals surface area contributed by atoms with Crippen LogP contribution in [0.5, 0.6) is 0 Å². The summed E-state index contributed by atoms with van der Waals surface area (Å²) in [5.74, 6) is 1.65. The van der Waals surface area contributed by atoms with Gasteiger partial charge in [0.05, 0.1) is 0 Å². The maximum Gasteiger partial charge on any atom is 0.00111 e. The lowest BCUT2D eigenvalue weighted by molar-refractivity contribution is 0.251. The van der Waals surface area contributed by atoms with E-state index in [2.05, 4.69) is 59.0 Å². The minimum atomic E-state index is 0.416. The van der Waals surface area contributed by atoms with Crippen molar-refractivity contribution in [3.8, 4) is 0 Å². The highest BCUT2D eigenvalue weighted by Gasteiger charge is 2.41. The van der Waals surface area contributed by atoms with Crippen LogP contribution in [0.25, 0.3) is 0 Å². The van der Waals surface area contributed by atoms with Crippen LogP contribution in [0.15, 0.2) is 12.1 Å². The largest absolute Gasteiger partial charge is 0.316 e. The van der Waals surface area contributed by atoms with E-state index in [1.54, 1.807) is 5.56 Å². The summed E-state index contributed by atoms with van der Waals surface area (Å²) in [5.41, 5.74) is 6.34. The average molecular weight is 287 g/mol. The van der Waals surface area contributed by atoms with Gasteiger partial charge in [0, 0.05) is 6.54 Å². The summed E-state index contributed by atoms with van der Waals surface area (Å²) in [6, 6.07) is 4.69. The fourth-order valence-electron chi connectivity index (χ4n) is 3.67. The molecule has 0 saturated heterocycles. The number of benzene rings is 1. The topological polar surface area (TPSA) is 12.0 Å². The van der Waals surface area contributed by atoms with Crippen molar-refractivity contribution < 1.29 is 0 Å². The lowest BCUT2D eigenvalue weighted by Crippen LogP contribution is -2.37. The molecule has 1 fully saturated rings. The summed E-state index contributed by atoms with van der Waals surface area (Å²) < 4.78 is 0. The molecule has 1 aromatic carbocycles. The molecule has 0 aliphatic heterocycles. The van der Waals surface area contributed by atoms with Crippen LogP contribution in [0, 0.1) is 38.0 Å². The van der Waals surface area contributed by atoms with Crippen molar-refractivity contribution in [1.29, 1.82) is 0 Å². The summed E-state index contributed by atoms with van der Waals surface area (Å²) >= 11 is 0. The van der Waals surface area contributed by atoms with Crippen molar-refractivity contribution >= 4 is 0 Å². The Bertz CT molecular complexity index is 462. The quantitative estimate of drug-likeness (QED) is 0.758. The molecule has 1 saturated carbocycles. The van der Waals surface area contributed by atoms with Crippen LogP contribution < -0.4 is 5.32 Å². The molecule has 0 aromatic heterocycles. The highest BCUT2D eigenvalue weighted by molar-refractivity contribution is 5.38. The van der Waals surface area contributed by atoms with Crippen molar-refractivity contribution in [3.63, 3.8) is 0 Å². The van der Waals surface area contributed by atoms with Gasteiger partial charge in [0.25, 0.3) is 0 Å². The van der Waals surface area contributed by atoms with Crippen LogP contribution in [-0.4, -0.2) is 13.1 Å². The Morgan fingerprint density at radius 3 is 2.19 bits per heavy atom. The minimum absolute atomic E-state index is 0.416. The maximum atomic E-state index is 3.72. The maximum absolute atomic E-state index is 3.72. The van der Waals surface area contributed by atoms with E-state index in [4.69, 9.17) is 0 Å². The molecule has 1 aromatic rings. The lowest BCUT2D eigenvalue weighted by Gasteiger charge is -2.32. The Morgan fingerprint density at radius 1 is 1.14 bits per heavy atom. The molecule has 0 radical (unpaired) electrons. The van der Waals surface area contributed by atoms with Gasteiger partial charge in [-0.1, -0.05) is 38.5 Å². The smallest absolute Gasteiger partial charge is 0.00111 e. The number of nitrogens with one attached hydrogen (secondary N) is 1. The van der Waals surface area contributed by atoms with Gasteiger partial charge in [-0.2, -0.15) is 0 Å². The van der Waals surface area contributed by atoms with Gasteiger partial charge in [0.15, 0.2) is 0 Å². The zero-order chi connectivity index (χ0) is 15.6. The Kier molecular flexibility index (Phi) is 5.14. The Morgan fingerprint density at radius 2 is 1.71 bits per heavy atom. The van der Waals surface area contributed by atoms with E-state index in [0.717, 1.165) is 24.9 Å². The lowest BCUT2D eigenvalue weighted by atomic mass is 9.76. The third-order valence-electron chi connectivity index (χ3n) is 5.07. The van der Waals surface area contributed by atoms with Crippen molar-refractivity contribution in [3.05, 3.63) is 34.4 Å². The summed E-state index contributed by atoms with van der Waals surface area (Å²) in [6.07, 6.45) is 4.06. The molecule has 0 amide bonds. The van der Waals surface area contributed by atoms with Gasteiger partial charge in [-0.25, -0.2) is 0 Å². The molecule has 0 heterocycles. The summed E-state index contributed by atoms with van der Waals surface area (Å²) in [6.45, 7) is 16.1. The van der Waals surface area contributed by atoms with Gasteiger partial charge < -0.3 is 5.32 Å². The highest BCUT2D eigenvalue weighted by atomic mass is 14.9. The molecular weight excluding hydrogens is 254 g/mol. The van der Waals surface area contributed by atoms with Crippen LogP contribution in [0.2, 0.25) is 0 Å². The highest BCUT2D eigenvalue weighted by Crippen LogP contribution is 2.47. The van der Waals surface area contributed by atoms with Crippen LogP contribution >= 0.6 is 0 Å². The first kappa shape index (κ1) is 16.5. The van der Waals surface area contributed by atoms with E-state index in [1.807, 2.05) is 0 Å². The second-order valence-electron chi connectivity index (χ2n) is 8.01. The number of aryl methyl sites for hydroxylation is 3. The van der Waals surface area contributed by atoms with Crippen molar-refractivity contribution in [1.82, 2.24) is 5.32 Å². The van der Waals surface area contributed by atoms with Gasteiger partial charge >= 0.3 is 0 Å². The summed E-state index contributed by atoms with van der Waals surface area (Å²) in [5, 5.41) is 3.72. The molecule has 0 spiro atoms. The van der Waals surface area contributed by atoms with E-state index in [9.17, 15) is 0 Å². The second kappa shape index (κ2) is 6.52. The van der Waals surface area contributed by atoms with E-state index >= 15 is 0 Å². The second-order valence-corrected chi connectivity index (χ2v) is 8.01. The number of hydrogen-bond acceptors (Lipinski definition) is 1. The van der Waals surface area contributed by atoms with Crippen LogP contribution in [0.1, 0.15) is 55.9 Å². The zero-order valence-electron chi connectivity index (χ0n) is 14.8. The van der Waals surface area contributed by atoms with Gasteiger partial charge in [-0.3, -0.25) is 0 Å². The molecular formula is C20H33N. The van der Waals surface area contributed by atoms with E-state index < -0.39 is 0 Å². The van der Waals surface area contributed by atoms with Gasteiger partial charge in [0.2, 0.25) is 0 Å². The Labute approximate surface area is 131 Å².